The van der Waals surface area contributed by atoms with Crippen molar-refractivity contribution in [2.45, 2.75) is 18.9 Å². The number of rotatable bonds is 3. The van der Waals surface area contributed by atoms with E-state index in [9.17, 15) is 4.79 Å². The van der Waals surface area contributed by atoms with Crippen LogP contribution in [0.2, 0.25) is 0 Å². The van der Waals surface area contributed by atoms with Crippen LogP contribution in [0.1, 0.15) is 24.0 Å². The van der Waals surface area contributed by atoms with Crippen molar-refractivity contribution in [3.63, 3.8) is 0 Å². The Morgan fingerprint density at radius 3 is 2.50 bits per heavy atom. The van der Waals surface area contributed by atoms with Crippen molar-refractivity contribution in [3.05, 3.63) is 59.7 Å². The summed E-state index contributed by atoms with van der Waals surface area (Å²) in [4.78, 5) is 17.7. The Morgan fingerprint density at radius 1 is 1.04 bits per heavy atom. The summed E-state index contributed by atoms with van der Waals surface area (Å²) in [6.07, 6.45) is 3.99. The van der Waals surface area contributed by atoms with Crippen molar-refractivity contribution in [2.24, 2.45) is 0 Å². The van der Waals surface area contributed by atoms with E-state index in [4.69, 9.17) is 4.74 Å². The van der Waals surface area contributed by atoms with Crippen molar-refractivity contribution in [2.75, 3.05) is 32.1 Å². The maximum Gasteiger partial charge on any atom is 0.259 e. The summed E-state index contributed by atoms with van der Waals surface area (Å²) in [6, 6.07) is 16.2. The van der Waals surface area contributed by atoms with Gasteiger partial charge in [0.2, 0.25) is 0 Å². The van der Waals surface area contributed by atoms with Crippen LogP contribution in [0, 0.1) is 0 Å². The van der Waals surface area contributed by atoms with Gasteiger partial charge in [-0.2, -0.15) is 0 Å². The van der Waals surface area contributed by atoms with Crippen molar-refractivity contribution < 1.29 is 9.53 Å². The summed E-state index contributed by atoms with van der Waals surface area (Å²) in [7, 11) is 3.80. The molecule has 1 fully saturated rings. The van der Waals surface area contributed by atoms with Crippen molar-refractivity contribution >= 4 is 23.2 Å². The number of amides is 1. The Morgan fingerprint density at radius 2 is 1.73 bits per heavy atom. The quantitative estimate of drug-likeness (QED) is 0.794. The highest BCUT2D eigenvalue weighted by atomic mass is 16.5. The zero-order valence-electron chi connectivity index (χ0n) is 15.3. The van der Waals surface area contributed by atoms with Gasteiger partial charge in [-0.25, -0.2) is 0 Å². The Bertz CT molecular complexity index is 851. The SMILES string of the molecule is COc1ccccc1C=C1C(=O)N(C2CCN(C)CC2)c2ccccc21. The second-order valence-electron chi connectivity index (χ2n) is 7.03. The zero-order valence-corrected chi connectivity index (χ0v) is 15.3. The maximum absolute atomic E-state index is 13.4. The highest BCUT2D eigenvalue weighted by Gasteiger charge is 2.37. The average Bonchev–Trinajstić information content (AvgIpc) is 2.95. The molecule has 0 aromatic heterocycles. The Labute approximate surface area is 154 Å². The predicted octanol–water partition coefficient (Wildman–Crippen LogP) is 3.68. The molecule has 2 heterocycles. The topological polar surface area (TPSA) is 32.8 Å². The lowest BCUT2D eigenvalue weighted by Crippen LogP contribution is -2.45. The first kappa shape index (κ1) is 16.9. The van der Waals surface area contributed by atoms with Crippen LogP contribution in [0.5, 0.6) is 5.75 Å². The number of para-hydroxylation sites is 2. The first-order valence-corrected chi connectivity index (χ1v) is 9.15. The lowest BCUT2D eigenvalue weighted by atomic mass is 10.0. The molecular weight excluding hydrogens is 324 g/mol. The van der Waals surface area contributed by atoms with E-state index < -0.39 is 0 Å². The minimum absolute atomic E-state index is 0.103. The number of ether oxygens (including phenoxy) is 1. The predicted molar refractivity (Wildman–Crippen MR) is 105 cm³/mol. The number of likely N-dealkylation sites (tertiary alicyclic amines) is 1. The van der Waals surface area contributed by atoms with Gasteiger partial charge in [0.25, 0.3) is 5.91 Å². The number of benzene rings is 2. The van der Waals surface area contributed by atoms with Gasteiger partial charge in [0.15, 0.2) is 0 Å². The lowest BCUT2D eigenvalue weighted by molar-refractivity contribution is -0.113. The van der Waals surface area contributed by atoms with Crippen LogP contribution in [-0.4, -0.2) is 44.1 Å². The summed E-state index contributed by atoms with van der Waals surface area (Å²) < 4.78 is 5.46. The number of nitrogens with zero attached hydrogens (tertiary/aromatic N) is 2. The fourth-order valence-electron chi connectivity index (χ4n) is 3.96. The number of fused-ring (bicyclic) bond motifs is 1. The summed E-state index contributed by atoms with van der Waals surface area (Å²) in [5.74, 6) is 0.884. The van der Waals surface area contributed by atoms with E-state index in [2.05, 4.69) is 18.0 Å². The molecule has 0 radical (unpaired) electrons. The summed E-state index contributed by atoms with van der Waals surface area (Å²) in [5.41, 5.74) is 3.73. The van der Waals surface area contributed by atoms with Crippen LogP contribution in [0.15, 0.2) is 48.5 Å². The van der Waals surface area contributed by atoms with E-state index in [1.807, 2.05) is 53.4 Å². The van der Waals surface area contributed by atoms with Crippen molar-refractivity contribution in [1.29, 1.82) is 0 Å². The molecule has 0 bridgehead atoms. The number of hydrogen-bond acceptors (Lipinski definition) is 3. The molecule has 2 aromatic carbocycles. The molecule has 2 aromatic rings. The number of hydrogen-bond donors (Lipinski definition) is 0. The van der Waals surface area contributed by atoms with E-state index >= 15 is 0 Å². The third kappa shape index (κ3) is 2.90. The molecule has 1 saturated heterocycles. The molecule has 4 rings (SSSR count). The summed E-state index contributed by atoms with van der Waals surface area (Å²) in [5, 5.41) is 0. The van der Waals surface area contributed by atoms with Gasteiger partial charge in [-0.1, -0.05) is 36.4 Å². The lowest BCUT2D eigenvalue weighted by Gasteiger charge is -2.35. The van der Waals surface area contributed by atoms with Crippen LogP contribution in [-0.2, 0) is 4.79 Å². The first-order valence-electron chi connectivity index (χ1n) is 9.15. The van der Waals surface area contributed by atoms with Crippen LogP contribution >= 0.6 is 0 Å². The van der Waals surface area contributed by atoms with Crippen molar-refractivity contribution in [1.82, 2.24) is 4.90 Å². The fraction of sp³-hybridized carbons (Fsp3) is 0.318. The molecule has 2 aliphatic heterocycles. The monoisotopic (exact) mass is 348 g/mol. The molecule has 2 aliphatic rings. The van der Waals surface area contributed by atoms with Crippen LogP contribution < -0.4 is 9.64 Å². The second-order valence-corrected chi connectivity index (χ2v) is 7.03. The highest BCUT2D eigenvalue weighted by molar-refractivity contribution is 6.36. The molecule has 26 heavy (non-hydrogen) atoms. The molecule has 0 aliphatic carbocycles. The van der Waals surface area contributed by atoms with Gasteiger partial charge in [-0.15, -0.1) is 0 Å². The highest BCUT2D eigenvalue weighted by Crippen LogP contribution is 2.41. The van der Waals surface area contributed by atoms with Gasteiger partial charge in [0.1, 0.15) is 5.75 Å². The van der Waals surface area contributed by atoms with Crippen molar-refractivity contribution in [3.8, 4) is 5.75 Å². The van der Waals surface area contributed by atoms with Gasteiger partial charge < -0.3 is 14.5 Å². The van der Waals surface area contributed by atoms with Gasteiger partial charge >= 0.3 is 0 Å². The molecule has 0 N–H and O–H groups in total. The van der Waals surface area contributed by atoms with E-state index in [0.717, 1.165) is 54.1 Å². The first-order chi connectivity index (χ1) is 12.7. The molecule has 1 amide bonds. The van der Waals surface area contributed by atoms with Crippen LogP contribution in [0.3, 0.4) is 0 Å². The third-order valence-corrected chi connectivity index (χ3v) is 5.39. The van der Waals surface area contributed by atoms with Gasteiger partial charge in [0, 0.05) is 22.7 Å². The standard InChI is InChI=1S/C22H24N2O2/c1-23-13-11-17(12-14-23)24-20-9-5-4-8-18(20)19(22(24)25)15-16-7-3-6-10-21(16)26-2/h3-10,15,17H,11-14H2,1-2H3. The average molecular weight is 348 g/mol. The molecule has 0 unspecified atom stereocenters. The van der Waals surface area contributed by atoms with E-state index in [1.165, 1.54) is 0 Å². The third-order valence-electron chi connectivity index (χ3n) is 5.39. The second kappa shape index (κ2) is 6.96. The summed E-state index contributed by atoms with van der Waals surface area (Å²) in [6.45, 7) is 2.06. The number of methoxy groups -OCH3 is 1. The molecule has 0 atom stereocenters. The largest absolute Gasteiger partial charge is 0.496 e. The number of piperidine rings is 1. The number of anilines is 1. The molecule has 0 spiro atoms. The molecular formula is C22H24N2O2. The zero-order chi connectivity index (χ0) is 18.1. The van der Waals surface area contributed by atoms with Gasteiger partial charge in [-0.3, -0.25) is 4.79 Å². The normalized spacial score (nSPS) is 19.8. The summed E-state index contributed by atoms with van der Waals surface area (Å²) >= 11 is 0. The Balaban J connectivity index is 1.75. The minimum atomic E-state index is 0.103. The molecule has 134 valence electrons. The molecule has 4 heteroatoms. The van der Waals surface area contributed by atoms with E-state index in [0.29, 0.717) is 0 Å². The van der Waals surface area contributed by atoms with Crippen LogP contribution in [0.25, 0.3) is 11.6 Å². The van der Waals surface area contributed by atoms with E-state index in [1.54, 1.807) is 7.11 Å². The van der Waals surface area contributed by atoms with E-state index in [-0.39, 0.29) is 11.9 Å². The number of carbonyl (C=O) groups is 1. The fourth-order valence-corrected chi connectivity index (χ4v) is 3.96. The van der Waals surface area contributed by atoms with Gasteiger partial charge in [0.05, 0.1) is 12.8 Å². The van der Waals surface area contributed by atoms with Crippen LogP contribution in [0.4, 0.5) is 5.69 Å². The maximum atomic E-state index is 13.4. The number of carbonyl (C=O) groups excluding carboxylic acids is 1. The molecule has 0 saturated carbocycles. The van der Waals surface area contributed by atoms with Gasteiger partial charge in [-0.05, 0) is 51.2 Å². The smallest absolute Gasteiger partial charge is 0.259 e. The molecule has 4 nitrogen and oxygen atoms in total. The Kier molecular flexibility index (Phi) is 4.51. The Hall–Kier alpha value is -2.59. The minimum Gasteiger partial charge on any atom is -0.496 e.